The average molecular weight is 487 g/mol. The number of nitrogens with two attached hydrogens (primary N) is 1. The Balaban J connectivity index is 1.62. The molecule has 1 aliphatic heterocycles. The van der Waals surface area contributed by atoms with Gasteiger partial charge in [-0.3, -0.25) is 19.7 Å². The number of halogens is 2. The zero-order valence-corrected chi connectivity index (χ0v) is 19.3. The number of hydroxylamine groups is 1. The van der Waals surface area contributed by atoms with E-state index in [1.54, 1.807) is 12.1 Å². The van der Waals surface area contributed by atoms with Crippen LogP contribution in [-0.4, -0.2) is 66.2 Å². The highest BCUT2D eigenvalue weighted by molar-refractivity contribution is 5.98. The highest BCUT2D eigenvalue weighted by Crippen LogP contribution is 2.18. The van der Waals surface area contributed by atoms with Gasteiger partial charge in [0, 0.05) is 36.3 Å². The van der Waals surface area contributed by atoms with Gasteiger partial charge in [-0.15, -0.1) is 0 Å². The second kappa shape index (κ2) is 11.9. The van der Waals surface area contributed by atoms with Crippen molar-refractivity contribution in [3.63, 3.8) is 0 Å². The van der Waals surface area contributed by atoms with Crippen LogP contribution in [0.25, 0.3) is 0 Å². The summed E-state index contributed by atoms with van der Waals surface area (Å²) in [6.07, 6.45) is -3.13. The quantitative estimate of drug-likeness (QED) is 0.268. The number of ether oxygens (including phenoxy) is 1. The standard InChI is InChI=1S/C25H28F2N4O4/c1-25(28,24(26)27)21(23(33)30-34)29-22(32)20-10-8-18(9-11-20)3-2-17-4-6-19(7-5-17)16-31-12-14-35-15-13-31/h4-11,21,24,34H,12-16,28H2,1H3,(H,29,32)(H,30,33). The molecular formula is C25H28F2N4O4. The van der Waals surface area contributed by atoms with Gasteiger partial charge in [0.1, 0.15) is 11.6 Å². The molecule has 1 fully saturated rings. The van der Waals surface area contributed by atoms with Crippen molar-refractivity contribution in [2.45, 2.75) is 31.5 Å². The Kier molecular flexibility index (Phi) is 8.89. The maximum absolute atomic E-state index is 13.3. The van der Waals surface area contributed by atoms with E-state index in [-0.39, 0.29) is 5.56 Å². The van der Waals surface area contributed by atoms with E-state index in [1.165, 1.54) is 23.2 Å². The van der Waals surface area contributed by atoms with Gasteiger partial charge in [-0.05, 0) is 48.9 Å². The first kappa shape index (κ1) is 26.2. The first-order valence-electron chi connectivity index (χ1n) is 11.0. The molecule has 3 rings (SSSR count). The molecule has 1 saturated heterocycles. The van der Waals surface area contributed by atoms with Crippen LogP contribution in [0, 0.1) is 11.8 Å². The predicted octanol–water partition coefficient (Wildman–Crippen LogP) is 1.50. The molecule has 0 spiro atoms. The Labute approximate surface area is 202 Å². The summed E-state index contributed by atoms with van der Waals surface area (Å²) in [5.41, 5.74) is 7.16. The smallest absolute Gasteiger partial charge is 0.268 e. The van der Waals surface area contributed by atoms with Crippen molar-refractivity contribution >= 4 is 11.8 Å². The minimum atomic E-state index is -3.13. The molecule has 35 heavy (non-hydrogen) atoms. The third-order valence-electron chi connectivity index (χ3n) is 5.70. The number of rotatable bonds is 7. The Hall–Kier alpha value is -3.36. The largest absolute Gasteiger partial charge is 0.379 e. The minimum absolute atomic E-state index is 0.115. The number of morpholine rings is 1. The van der Waals surface area contributed by atoms with Crippen molar-refractivity contribution in [2.24, 2.45) is 5.73 Å². The van der Waals surface area contributed by atoms with Crippen LogP contribution in [0.5, 0.6) is 0 Å². The number of amides is 2. The van der Waals surface area contributed by atoms with Crippen molar-refractivity contribution in [1.29, 1.82) is 0 Å². The van der Waals surface area contributed by atoms with Crippen LogP contribution < -0.4 is 16.5 Å². The van der Waals surface area contributed by atoms with Crippen molar-refractivity contribution < 1.29 is 28.3 Å². The molecule has 1 aliphatic rings. The summed E-state index contributed by atoms with van der Waals surface area (Å²) in [7, 11) is 0. The lowest BCUT2D eigenvalue weighted by Crippen LogP contribution is -2.66. The Bertz CT molecular complexity index is 1070. The molecule has 0 aromatic heterocycles. The van der Waals surface area contributed by atoms with Crippen LogP contribution in [0.4, 0.5) is 8.78 Å². The van der Waals surface area contributed by atoms with Gasteiger partial charge in [-0.25, -0.2) is 14.3 Å². The SMILES string of the molecule is CC(N)(C(F)F)C(NC(=O)c1ccc(C#Cc2ccc(CN3CCOCC3)cc2)cc1)C(=O)NO. The summed E-state index contributed by atoms with van der Waals surface area (Å²) < 4.78 is 31.9. The third kappa shape index (κ3) is 7.07. The summed E-state index contributed by atoms with van der Waals surface area (Å²) >= 11 is 0. The lowest BCUT2D eigenvalue weighted by Gasteiger charge is -2.32. The van der Waals surface area contributed by atoms with Crippen molar-refractivity contribution in [3.8, 4) is 11.8 Å². The maximum atomic E-state index is 13.3. The van der Waals surface area contributed by atoms with Gasteiger partial charge in [0.2, 0.25) is 0 Å². The van der Waals surface area contributed by atoms with E-state index in [4.69, 9.17) is 15.7 Å². The molecular weight excluding hydrogens is 458 g/mol. The van der Waals surface area contributed by atoms with Crippen molar-refractivity contribution in [1.82, 2.24) is 15.7 Å². The van der Waals surface area contributed by atoms with Crippen LogP contribution >= 0.6 is 0 Å². The number of alkyl halides is 2. The fourth-order valence-corrected chi connectivity index (χ4v) is 3.47. The first-order chi connectivity index (χ1) is 16.7. The van der Waals surface area contributed by atoms with Gasteiger partial charge in [0.15, 0.2) is 0 Å². The van der Waals surface area contributed by atoms with Gasteiger partial charge in [-0.1, -0.05) is 24.0 Å². The molecule has 8 nitrogen and oxygen atoms in total. The number of nitrogens with zero attached hydrogens (tertiary/aromatic N) is 1. The summed E-state index contributed by atoms with van der Waals surface area (Å²) in [5.74, 6) is 4.03. The van der Waals surface area contributed by atoms with Crippen LogP contribution in [0.3, 0.4) is 0 Å². The molecule has 2 aromatic rings. The highest BCUT2D eigenvalue weighted by atomic mass is 19.3. The summed E-state index contributed by atoms with van der Waals surface area (Å²) in [6, 6.07) is 12.2. The van der Waals surface area contributed by atoms with E-state index < -0.39 is 29.8 Å². The molecule has 0 radical (unpaired) electrons. The molecule has 10 heteroatoms. The normalized spacial score (nSPS) is 16.5. The number of hydrogen-bond donors (Lipinski definition) is 4. The van der Waals surface area contributed by atoms with Crippen molar-refractivity contribution in [3.05, 3.63) is 70.8 Å². The third-order valence-corrected chi connectivity index (χ3v) is 5.70. The van der Waals surface area contributed by atoms with Crippen LogP contribution in [0.1, 0.15) is 34.0 Å². The maximum Gasteiger partial charge on any atom is 0.268 e. The molecule has 2 aromatic carbocycles. The lowest BCUT2D eigenvalue weighted by molar-refractivity contribution is -0.134. The number of benzene rings is 2. The van der Waals surface area contributed by atoms with E-state index in [1.807, 2.05) is 24.3 Å². The van der Waals surface area contributed by atoms with E-state index in [0.717, 1.165) is 45.3 Å². The zero-order chi connectivity index (χ0) is 25.4. The monoisotopic (exact) mass is 486 g/mol. The minimum Gasteiger partial charge on any atom is -0.379 e. The highest BCUT2D eigenvalue weighted by Gasteiger charge is 2.44. The molecule has 2 amide bonds. The Morgan fingerprint density at radius 3 is 2.14 bits per heavy atom. The van der Waals surface area contributed by atoms with E-state index in [9.17, 15) is 18.4 Å². The number of carbonyl (C=O) groups is 2. The summed E-state index contributed by atoms with van der Waals surface area (Å²) in [6.45, 7) is 5.12. The molecule has 186 valence electrons. The van der Waals surface area contributed by atoms with E-state index >= 15 is 0 Å². The number of carbonyl (C=O) groups excluding carboxylic acids is 2. The number of nitrogens with one attached hydrogen (secondary N) is 2. The molecule has 0 aliphatic carbocycles. The van der Waals surface area contributed by atoms with E-state index in [0.29, 0.717) is 5.56 Å². The lowest BCUT2D eigenvalue weighted by atomic mass is 9.92. The zero-order valence-electron chi connectivity index (χ0n) is 19.3. The fraction of sp³-hybridized carbons (Fsp3) is 0.360. The van der Waals surface area contributed by atoms with Crippen LogP contribution in [-0.2, 0) is 16.1 Å². The van der Waals surface area contributed by atoms with Gasteiger partial charge >= 0.3 is 0 Å². The second-order valence-corrected chi connectivity index (χ2v) is 8.46. The molecule has 0 bridgehead atoms. The van der Waals surface area contributed by atoms with Crippen molar-refractivity contribution in [2.75, 3.05) is 26.3 Å². The first-order valence-corrected chi connectivity index (χ1v) is 11.0. The van der Waals surface area contributed by atoms with Gasteiger partial charge in [-0.2, -0.15) is 0 Å². The summed E-state index contributed by atoms with van der Waals surface area (Å²) in [4.78, 5) is 26.6. The summed E-state index contributed by atoms with van der Waals surface area (Å²) in [5, 5.41) is 11.0. The molecule has 1 heterocycles. The fourth-order valence-electron chi connectivity index (χ4n) is 3.47. The van der Waals surface area contributed by atoms with Crippen LogP contribution in [0.15, 0.2) is 48.5 Å². The predicted molar refractivity (Wildman–Crippen MR) is 125 cm³/mol. The average Bonchev–Trinajstić information content (AvgIpc) is 2.87. The van der Waals surface area contributed by atoms with Gasteiger partial charge in [0.05, 0.1) is 13.2 Å². The van der Waals surface area contributed by atoms with Gasteiger partial charge < -0.3 is 15.8 Å². The topological polar surface area (TPSA) is 117 Å². The molecule has 2 unspecified atom stereocenters. The Morgan fingerprint density at radius 2 is 1.63 bits per heavy atom. The van der Waals surface area contributed by atoms with Crippen LogP contribution in [0.2, 0.25) is 0 Å². The molecule has 2 atom stereocenters. The number of hydrogen-bond acceptors (Lipinski definition) is 6. The Morgan fingerprint density at radius 1 is 1.09 bits per heavy atom. The second-order valence-electron chi connectivity index (χ2n) is 8.46. The van der Waals surface area contributed by atoms with Gasteiger partial charge in [0.25, 0.3) is 18.2 Å². The molecule has 0 saturated carbocycles. The molecule has 5 N–H and O–H groups in total. The van der Waals surface area contributed by atoms with E-state index in [2.05, 4.69) is 22.1 Å².